The van der Waals surface area contributed by atoms with E-state index in [1.54, 1.807) is 18.7 Å². The van der Waals surface area contributed by atoms with Gasteiger partial charge in [-0.3, -0.25) is 0 Å². The summed E-state index contributed by atoms with van der Waals surface area (Å²) in [4.78, 5) is 10.6. The Kier molecular flexibility index (Phi) is 4.87. The van der Waals surface area contributed by atoms with Crippen molar-refractivity contribution >= 4 is 27.5 Å². The van der Waals surface area contributed by atoms with E-state index in [1.807, 2.05) is 17.9 Å². The third-order valence-corrected chi connectivity index (χ3v) is 6.55. The van der Waals surface area contributed by atoms with Crippen LogP contribution in [-0.2, 0) is 16.4 Å². The Bertz CT molecular complexity index is 577. The van der Waals surface area contributed by atoms with Gasteiger partial charge in [0.15, 0.2) is 9.84 Å². The van der Waals surface area contributed by atoms with E-state index >= 15 is 0 Å². The summed E-state index contributed by atoms with van der Waals surface area (Å²) in [5, 5.41) is -0.543. The molecule has 0 saturated carbocycles. The highest BCUT2D eigenvalue weighted by atomic mass is 32.2. The Balaban J connectivity index is 2.40. The standard InChI is InChI=1S/C12H20N4O2S2/c1-3-20(17,18)11-8-19-5-4-16(11)12-14-9(2)6-10(7-13)15-12/h6,11H,3-5,7-8,13H2,1-2H3. The van der Waals surface area contributed by atoms with Gasteiger partial charge in [-0.15, -0.1) is 0 Å². The quantitative estimate of drug-likeness (QED) is 0.868. The Morgan fingerprint density at radius 2 is 2.25 bits per heavy atom. The van der Waals surface area contributed by atoms with Crippen molar-refractivity contribution in [3.8, 4) is 0 Å². The lowest BCUT2D eigenvalue weighted by Gasteiger charge is -2.34. The van der Waals surface area contributed by atoms with Gasteiger partial charge < -0.3 is 10.6 Å². The number of nitrogens with two attached hydrogens (primary N) is 1. The van der Waals surface area contributed by atoms with Crippen LogP contribution in [0.25, 0.3) is 0 Å². The highest BCUT2D eigenvalue weighted by Gasteiger charge is 2.34. The van der Waals surface area contributed by atoms with E-state index in [0.717, 1.165) is 17.1 Å². The molecule has 2 N–H and O–H groups in total. The molecule has 1 aromatic heterocycles. The summed E-state index contributed by atoms with van der Waals surface area (Å²) in [7, 11) is -3.16. The van der Waals surface area contributed by atoms with Crippen LogP contribution in [0, 0.1) is 6.92 Å². The Morgan fingerprint density at radius 1 is 1.50 bits per heavy atom. The van der Waals surface area contributed by atoms with Gasteiger partial charge in [-0.05, 0) is 13.0 Å². The molecule has 0 aliphatic carbocycles. The zero-order valence-electron chi connectivity index (χ0n) is 11.7. The number of sulfone groups is 1. The van der Waals surface area contributed by atoms with Gasteiger partial charge in [0.05, 0.1) is 5.69 Å². The van der Waals surface area contributed by atoms with Crippen LogP contribution in [0.2, 0.25) is 0 Å². The third kappa shape index (κ3) is 3.24. The molecule has 8 heteroatoms. The molecule has 0 radical (unpaired) electrons. The summed E-state index contributed by atoms with van der Waals surface area (Å²) in [5.41, 5.74) is 7.17. The number of thioether (sulfide) groups is 1. The van der Waals surface area contributed by atoms with Crippen molar-refractivity contribution in [2.24, 2.45) is 5.73 Å². The van der Waals surface area contributed by atoms with Gasteiger partial charge in [-0.25, -0.2) is 18.4 Å². The second kappa shape index (κ2) is 6.28. The van der Waals surface area contributed by atoms with Crippen LogP contribution in [0.3, 0.4) is 0 Å². The lowest BCUT2D eigenvalue weighted by molar-refractivity contribution is 0.577. The molecule has 0 spiro atoms. The van der Waals surface area contributed by atoms with E-state index in [9.17, 15) is 8.42 Å². The van der Waals surface area contributed by atoms with Crippen LogP contribution >= 0.6 is 11.8 Å². The number of hydrogen-bond donors (Lipinski definition) is 1. The van der Waals surface area contributed by atoms with Crippen molar-refractivity contribution in [2.75, 3.05) is 28.7 Å². The van der Waals surface area contributed by atoms with Gasteiger partial charge in [0.25, 0.3) is 0 Å². The molecule has 2 heterocycles. The smallest absolute Gasteiger partial charge is 0.226 e. The summed E-state index contributed by atoms with van der Waals surface area (Å²) in [5.74, 6) is 2.05. The predicted octanol–water partition coefficient (Wildman–Crippen LogP) is 0.558. The normalized spacial score (nSPS) is 20.1. The molecule has 2 rings (SSSR count). The lowest BCUT2D eigenvalue weighted by atomic mass is 10.3. The minimum Gasteiger partial charge on any atom is -0.325 e. The first-order chi connectivity index (χ1) is 9.47. The topological polar surface area (TPSA) is 89.2 Å². The first-order valence-electron chi connectivity index (χ1n) is 6.58. The average Bonchev–Trinajstić information content (AvgIpc) is 2.46. The first-order valence-corrected chi connectivity index (χ1v) is 9.45. The average molecular weight is 316 g/mol. The number of aryl methyl sites for hydroxylation is 1. The van der Waals surface area contributed by atoms with Crippen molar-refractivity contribution in [1.29, 1.82) is 0 Å². The molecule has 1 aromatic rings. The maximum Gasteiger partial charge on any atom is 0.226 e. The maximum absolute atomic E-state index is 12.2. The van der Waals surface area contributed by atoms with Crippen LogP contribution in [0.15, 0.2) is 6.07 Å². The highest BCUT2D eigenvalue weighted by Crippen LogP contribution is 2.25. The van der Waals surface area contributed by atoms with E-state index in [-0.39, 0.29) is 5.75 Å². The molecule has 1 atom stereocenters. The number of anilines is 1. The minimum absolute atomic E-state index is 0.129. The molecule has 20 heavy (non-hydrogen) atoms. The second-order valence-electron chi connectivity index (χ2n) is 4.68. The SMILES string of the molecule is CCS(=O)(=O)C1CSCCN1c1nc(C)cc(CN)n1. The fourth-order valence-corrected chi connectivity index (χ4v) is 5.11. The van der Waals surface area contributed by atoms with Gasteiger partial charge in [0, 0.05) is 36.0 Å². The fraction of sp³-hybridized carbons (Fsp3) is 0.667. The Labute approximate surface area is 124 Å². The van der Waals surface area contributed by atoms with Gasteiger partial charge in [0.1, 0.15) is 5.37 Å². The van der Waals surface area contributed by atoms with E-state index in [4.69, 9.17) is 5.73 Å². The Morgan fingerprint density at radius 3 is 2.90 bits per heavy atom. The van der Waals surface area contributed by atoms with Crippen LogP contribution in [-0.4, -0.2) is 47.6 Å². The van der Waals surface area contributed by atoms with Crippen molar-refractivity contribution in [3.63, 3.8) is 0 Å². The van der Waals surface area contributed by atoms with Gasteiger partial charge in [0.2, 0.25) is 5.95 Å². The molecule has 1 unspecified atom stereocenters. The first kappa shape index (κ1) is 15.5. The van der Waals surface area contributed by atoms with Crippen molar-refractivity contribution in [3.05, 3.63) is 17.5 Å². The lowest BCUT2D eigenvalue weighted by Crippen LogP contribution is -2.48. The molecule has 6 nitrogen and oxygen atoms in total. The largest absolute Gasteiger partial charge is 0.325 e. The molecular weight excluding hydrogens is 296 g/mol. The van der Waals surface area contributed by atoms with Crippen molar-refractivity contribution in [1.82, 2.24) is 9.97 Å². The van der Waals surface area contributed by atoms with E-state index in [1.165, 1.54) is 0 Å². The number of nitrogens with zero attached hydrogens (tertiary/aromatic N) is 3. The van der Waals surface area contributed by atoms with E-state index in [0.29, 0.717) is 24.8 Å². The van der Waals surface area contributed by atoms with Crippen molar-refractivity contribution in [2.45, 2.75) is 25.8 Å². The molecule has 0 bridgehead atoms. The Hall–Kier alpha value is -0.860. The number of hydrogen-bond acceptors (Lipinski definition) is 7. The minimum atomic E-state index is -3.16. The molecular formula is C12H20N4O2S2. The molecule has 0 aromatic carbocycles. The summed E-state index contributed by atoms with van der Waals surface area (Å²) in [6.07, 6.45) is 0. The van der Waals surface area contributed by atoms with Crippen LogP contribution in [0.1, 0.15) is 18.3 Å². The van der Waals surface area contributed by atoms with Crippen LogP contribution < -0.4 is 10.6 Å². The maximum atomic E-state index is 12.2. The monoisotopic (exact) mass is 316 g/mol. The van der Waals surface area contributed by atoms with E-state index in [2.05, 4.69) is 9.97 Å². The predicted molar refractivity (Wildman–Crippen MR) is 82.6 cm³/mol. The second-order valence-corrected chi connectivity index (χ2v) is 8.28. The van der Waals surface area contributed by atoms with Gasteiger partial charge in [-0.2, -0.15) is 11.8 Å². The summed E-state index contributed by atoms with van der Waals surface area (Å²) in [6.45, 7) is 4.51. The molecule has 1 saturated heterocycles. The van der Waals surface area contributed by atoms with Gasteiger partial charge >= 0.3 is 0 Å². The molecule has 1 aliphatic rings. The zero-order chi connectivity index (χ0) is 14.8. The summed E-state index contributed by atoms with van der Waals surface area (Å²) >= 11 is 1.66. The molecule has 1 aliphatic heterocycles. The fourth-order valence-electron chi connectivity index (χ4n) is 2.15. The summed E-state index contributed by atoms with van der Waals surface area (Å²) < 4.78 is 24.5. The van der Waals surface area contributed by atoms with Gasteiger partial charge in [-0.1, -0.05) is 6.92 Å². The third-order valence-electron chi connectivity index (χ3n) is 3.26. The molecule has 112 valence electrons. The molecule has 0 amide bonds. The number of rotatable bonds is 4. The molecule has 1 fully saturated rings. The van der Waals surface area contributed by atoms with E-state index < -0.39 is 15.2 Å². The highest BCUT2D eigenvalue weighted by molar-refractivity contribution is 8.01. The van der Waals surface area contributed by atoms with Crippen molar-refractivity contribution < 1.29 is 8.42 Å². The summed E-state index contributed by atoms with van der Waals surface area (Å²) in [6, 6.07) is 1.82. The zero-order valence-corrected chi connectivity index (χ0v) is 13.4. The number of aromatic nitrogens is 2. The van der Waals surface area contributed by atoms with Crippen LogP contribution in [0.5, 0.6) is 0 Å². The van der Waals surface area contributed by atoms with Crippen LogP contribution in [0.4, 0.5) is 5.95 Å².